The zero-order valence-electron chi connectivity index (χ0n) is 31.6. The largest absolute Gasteiger partial charge is 0.493 e. The second kappa shape index (κ2) is 17.0. The zero-order valence-corrected chi connectivity index (χ0v) is 31.6. The van der Waals surface area contributed by atoms with Gasteiger partial charge in [-0.05, 0) is 56.7 Å². The number of carbonyl (C=O) groups is 5. The van der Waals surface area contributed by atoms with Crippen LogP contribution in [0.1, 0.15) is 60.2 Å². The third-order valence-electron chi connectivity index (χ3n) is 10.2. The Bertz CT molecular complexity index is 2240. The van der Waals surface area contributed by atoms with Crippen molar-refractivity contribution in [3.63, 3.8) is 0 Å². The van der Waals surface area contributed by atoms with Crippen molar-refractivity contribution >= 4 is 57.6 Å². The molecule has 2 fully saturated rings. The molecule has 0 saturated carbocycles. The van der Waals surface area contributed by atoms with E-state index in [1.54, 1.807) is 30.6 Å². The number of nitrogens with zero attached hydrogens (tertiary/aromatic N) is 6. The van der Waals surface area contributed by atoms with E-state index in [-0.39, 0.29) is 42.1 Å². The van der Waals surface area contributed by atoms with Crippen molar-refractivity contribution in [3.05, 3.63) is 89.5 Å². The number of hydrogen-bond donors (Lipinski definition) is 2. The Balaban J connectivity index is 0.786. The molecule has 3 aliphatic rings. The smallest absolute Gasteiger partial charge is 0.322 e. The van der Waals surface area contributed by atoms with Crippen LogP contribution in [0.4, 0.5) is 21.9 Å². The third kappa shape index (κ3) is 8.33. The van der Waals surface area contributed by atoms with Crippen molar-refractivity contribution in [1.82, 2.24) is 25.1 Å². The number of imide groups is 2. The molecule has 3 aliphatic heterocycles. The van der Waals surface area contributed by atoms with Crippen LogP contribution in [-0.2, 0) is 14.3 Å². The maximum atomic E-state index is 13.3. The molecular weight excluding hydrogens is 732 g/mol. The highest BCUT2D eigenvalue weighted by atomic mass is 16.5. The summed E-state index contributed by atoms with van der Waals surface area (Å²) in [5, 5.41) is 6.06. The monoisotopic (exact) mass is 774 g/mol. The van der Waals surface area contributed by atoms with Crippen molar-refractivity contribution in [2.75, 3.05) is 49.7 Å². The van der Waals surface area contributed by atoms with Crippen molar-refractivity contribution in [3.8, 4) is 11.6 Å². The molecule has 2 saturated heterocycles. The molecule has 0 bridgehead atoms. The molecule has 2 aromatic carbocycles. The lowest BCUT2D eigenvalue weighted by Crippen LogP contribution is -2.59. The highest BCUT2D eigenvalue weighted by molar-refractivity contribution is 6.23. The maximum Gasteiger partial charge on any atom is 0.322 e. The lowest BCUT2D eigenvalue weighted by molar-refractivity contribution is -0.136. The lowest BCUT2D eigenvalue weighted by atomic mass is 10.0. The number of urea groups is 1. The molecule has 5 heterocycles. The third-order valence-corrected chi connectivity index (χ3v) is 10.2. The average Bonchev–Trinajstić information content (AvgIpc) is 3.45. The molecule has 57 heavy (non-hydrogen) atoms. The van der Waals surface area contributed by atoms with Gasteiger partial charge in [-0.15, -0.1) is 0 Å². The predicted molar refractivity (Wildman–Crippen MR) is 208 cm³/mol. The number of amides is 6. The van der Waals surface area contributed by atoms with Gasteiger partial charge in [0.1, 0.15) is 11.8 Å². The van der Waals surface area contributed by atoms with E-state index >= 15 is 0 Å². The summed E-state index contributed by atoms with van der Waals surface area (Å²) in [4.78, 5) is 80.4. The van der Waals surface area contributed by atoms with E-state index in [1.165, 1.54) is 12.1 Å². The predicted octanol–water partition coefficient (Wildman–Crippen LogP) is 4.97. The van der Waals surface area contributed by atoms with Crippen molar-refractivity contribution in [2.24, 2.45) is 0 Å². The first-order valence-electron chi connectivity index (χ1n) is 18.9. The normalized spacial score (nSPS) is 19.3. The number of ether oxygens (including phenoxy) is 3. The van der Waals surface area contributed by atoms with Gasteiger partial charge in [0.2, 0.25) is 23.4 Å². The van der Waals surface area contributed by atoms with E-state index in [9.17, 15) is 24.0 Å². The SMILES string of the molecule is [C-]#[N+]c1ccc(N2C[C@@H](C)N(C(=O)Nc3ccc(OCCCOCCCOc4ccc5c(c4)C(=O)N(C4CCC(=O)NC4=O)C5=O)nc3)C[C@@H]2C)c2cccnc12. The highest BCUT2D eigenvalue weighted by Crippen LogP contribution is 2.35. The Morgan fingerprint density at radius 2 is 1.70 bits per heavy atom. The fraction of sp³-hybridized carbons (Fsp3) is 0.366. The molecule has 0 spiro atoms. The van der Waals surface area contributed by atoms with Crippen LogP contribution in [0.3, 0.4) is 0 Å². The number of piperazine rings is 1. The number of pyridine rings is 2. The molecule has 4 aromatic rings. The molecule has 3 atom stereocenters. The van der Waals surface area contributed by atoms with Crippen LogP contribution < -0.4 is 25.0 Å². The van der Waals surface area contributed by atoms with Gasteiger partial charge in [0.05, 0.1) is 48.3 Å². The number of benzene rings is 2. The number of rotatable bonds is 13. The summed E-state index contributed by atoms with van der Waals surface area (Å²) in [7, 11) is 0. The molecule has 294 valence electrons. The number of aromatic nitrogens is 2. The quantitative estimate of drug-likeness (QED) is 0.107. The van der Waals surface area contributed by atoms with Crippen molar-refractivity contribution < 1.29 is 38.2 Å². The highest BCUT2D eigenvalue weighted by Gasteiger charge is 2.44. The van der Waals surface area contributed by atoms with E-state index < -0.39 is 29.7 Å². The van der Waals surface area contributed by atoms with Crippen LogP contribution in [0, 0.1) is 6.57 Å². The fourth-order valence-electron chi connectivity index (χ4n) is 7.29. The van der Waals surface area contributed by atoms with Gasteiger partial charge in [-0.25, -0.2) is 14.6 Å². The maximum absolute atomic E-state index is 13.3. The molecule has 0 radical (unpaired) electrons. The van der Waals surface area contributed by atoms with Gasteiger partial charge in [-0.1, -0.05) is 12.1 Å². The summed E-state index contributed by atoms with van der Waals surface area (Å²) in [5.41, 5.74) is 3.11. The van der Waals surface area contributed by atoms with Gasteiger partial charge < -0.3 is 29.3 Å². The van der Waals surface area contributed by atoms with E-state index in [4.69, 9.17) is 20.8 Å². The number of piperidine rings is 1. The summed E-state index contributed by atoms with van der Waals surface area (Å²) in [6.07, 6.45) is 4.63. The van der Waals surface area contributed by atoms with E-state index in [2.05, 4.69) is 37.3 Å². The minimum atomic E-state index is -1.02. The summed E-state index contributed by atoms with van der Waals surface area (Å²) in [5.74, 6) is -1.38. The van der Waals surface area contributed by atoms with Gasteiger partial charge in [0.15, 0.2) is 0 Å². The number of anilines is 2. The van der Waals surface area contributed by atoms with Gasteiger partial charge in [-0.2, -0.15) is 0 Å². The van der Waals surface area contributed by atoms with E-state index in [0.29, 0.717) is 80.9 Å². The first-order valence-corrected chi connectivity index (χ1v) is 18.9. The Kier molecular flexibility index (Phi) is 11.6. The molecule has 16 heteroatoms. The first-order chi connectivity index (χ1) is 27.6. The summed E-state index contributed by atoms with van der Waals surface area (Å²) < 4.78 is 17.2. The summed E-state index contributed by atoms with van der Waals surface area (Å²) in [6, 6.07) is 14.4. The Morgan fingerprint density at radius 3 is 2.46 bits per heavy atom. The summed E-state index contributed by atoms with van der Waals surface area (Å²) in [6.45, 7) is 14.4. The summed E-state index contributed by atoms with van der Waals surface area (Å²) >= 11 is 0. The average molecular weight is 775 g/mol. The minimum Gasteiger partial charge on any atom is -0.493 e. The molecule has 6 amide bonds. The molecule has 16 nitrogen and oxygen atoms in total. The van der Waals surface area contributed by atoms with Gasteiger partial charge in [0.25, 0.3) is 11.8 Å². The molecular formula is C41H42N8O8. The fourth-order valence-corrected chi connectivity index (χ4v) is 7.29. The van der Waals surface area contributed by atoms with Crippen molar-refractivity contribution in [1.29, 1.82) is 0 Å². The Hall–Kier alpha value is -6.60. The van der Waals surface area contributed by atoms with Crippen LogP contribution in [0.5, 0.6) is 11.6 Å². The Morgan fingerprint density at radius 1 is 0.912 bits per heavy atom. The molecule has 2 N–H and O–H groups in total. The topological polar surface area (TPSA) is 177 Å². The zero-order chi connectivity index (χ0) is 40.1. The molecule has 1 unspecified atom stereocenters. The van der Waals surface area contributed by atoms with Crippen LogP contribution in [0.2, 0.25) is 0 Å². The number of carbonyl (C=O) groups excluding carboxylic acids is 5. The minimum absolute atomic E-state index is 0.0286. The first kappa shape index (κ1) is 38.7. The lowest BCUT2D eigenvalue weighted by Gasteiger charge is -2.45. The van der Waals surface area contributed by atoms with Gasteiger partial charge in [-0.3, -0.25) is 34.4 Å². The standard InChI is InChI=1S/C41H42N8O8/c1-25-24-48(26(2)23-47(25)33-12-11-32(42-3)37-30(33)7-4-16-43-37)41(54)45-27-8-15-36(44-22-27)57-20-6-18-55-17-5-19-56-28-9-10-29-31(21-28)40(53)49(39(29)52)34-13-14-35(50)46-38(34)51/h4,7-12,15-16,21-22,25-26,34H,5-6,13-14,17-20,23-24H2,1-2H3,(H,45,54)(H,46,50,51)/t25-,26+,34?/m0/s1. The molecule has 7 rings (SSSR count). The van der Waals surface area contributed by atoms with Gasteiger partial charge >= 0.3 is 6.03 Å². The number of nitrogens with one attached hydrogen (secondary N) is 2. The second-order valence-electron chi connectivity index (χ2n) is 14.1. The van der Waals surface area contributed by atoms with Crippen LogP contribution in [0.15, 0.2) is 67.0 Å². The van der Waals surface area contributed by atoms with Gasteiger partial charge in [0, 0.05) is 81.0 Å². The molecule has 2 aromatic heterocycles. The number of hydrogen-bond acceptors (Lipinski definition) is 11. The van der Waals surface area contributed by atoms with Crippen molar-refractivity contribution in [2.45, 2.75) is 57.7 Å². The Labute approximate surface area is 328 Å². The van der Waals surface area contributed by atoms with Crippen LogP contribution in [-0.4, -0.2) is 107 Å². The van der Waals surface area contributed by atoms with E-state index in [0.717, 1.165) is 16.0 Å². The number of fused-ring (bicyclic) bond motifs is 2. The van der Waals surface area contributed by atoms with Crippen LogP contribution >= 0.6 is 0 Å². The van der Waals surface area contributed by atoms with Crippen LogP contribution in [0.25, 0.3) is 15.7 Å². The molecule has 0 aliphatic carbocycles. The van der Waals surface area contributed by atoms with E-state index in [1.807, 2.05) is 36.1 Å². The second-order valence-corrected chi connectivity index (χ2v) is 14.1.